The van der Waals surface area contributed by atoms with Gasteiger partial charge in [-0.05, 0) is 33.7 Å². The van der Waals surface area contributed by atoms with Crippen LogP contribution in [0.4, 0.5) is 0 Å². The molecule has 0 saturated carbocycles. The first-order valence-corrected chi connectivity index (χ1v) is 6.36. The van der Waals surface area contributed by atoms with Crippen molar-refractivity contribution in [1.82, 2.24) is 4.90 Å². The van der Waals surface area contributed by atoms with Gasteiger partial charge in [-0.3, -0.25) is 14.7 Å². The highest BCUT2D eigenvalue weighted by atomic mass is 16.4. The number of aliphatic carboxylic acids is 1. The highest BCUT2D eigenvalue weighted by Crippen LogP contribution is 2.09. The quantitative estimate of drug-likeness (QED) is 0.358. The van der Waals surface area contributed by atoms with Crippen LogP contribution in [0.15, 0.2) is 4.99 Å². The molecule has 0 bridgehead atoms. The van der Waals surface area contributed by atoms with Gasteiger partial charge in [0, 0.05) is 12.6 Å². The van der Waals surface area contributed by atoms with Crippen molar-refractivity contribution in [3.8, 4) is 0 Å². The first kappa shape index (κ1) is 19.0. The van der Waals surface area contributed by atoms with E-state index >= 15 is 0 Å². The van der Waals surface area contributed by atoms with Gasteiger partial charge in [0.2, 0.25) is 0 Å². The van der Waals surface area contributed by atoms with Crippen molar-refractivity contribution in [3.63, 3.8) is 0 Å². The topological polar surface area (TPSA) is 105 Å². The molecule has 1 unspecified atom stereocenters. The standard InChI is InChI=1S/C10H22N4O2.C2H6/c1-7(2)14(3)8(9(15)16)5-4-6-13-10(11)12;1-2/h7-8H,4-6H2,1-3H3,(H,15,16)(H4,11,12,13);1-2H3. The second-order valence-electron chi connectivity index (χ2n) is 4.06. The Kier molecular flexibility index (Phi) is 11.5. The summed E-state index contributed by atoms with van der Waals surface area (Å²) in [6.07, 6.45) is 1.20. The Bertz CT molecular complexity index is 250. The number of hydrogen-bond donors (Lipinski definition) is 3. The summed E-state index contributed by atoms with van der Waals surface area (Å²) in [6, 6.07) is -0.279. The first-order chi connectivity index (χ1) is 8.36. The molecule has 1 atom stereocenters. The number of carbonyl (C=O) groups is 1. The molecule has 0 aromatic carbocycles. The average molecular weight is 260 g/mol. The lowest BCUT2D eigenvalue weighted by Gasteiger charge is -2.27. The molecule has 18 heavy (non-hydrogen) atoms. The van der Waals surface area contributed by atoms with Crippen LogP contribution in [0, 0.1) is 0 Å². The van der Waals surface area contributed by atoms with Gasteiger partial charge in [-0.15, -0.1) is 0 Å². The van der Waals surface area contributed by atoms with E-state index in [0.29, 0.717) is 19.4 Å². The number of rotatable bonds is 7. The van der Waals surface area contributed by atoms with Crippen molar-refractivity contribution in [1.29, 1.82) is 0 Å². The van der Waals surface area contributed by atoms with Crippen LogP contribution in [0.3, 0.4) is 0 Å². The zero-order valence-electron chi connectivity index (χ0n) is 12.2. The predicted molar refractivity (Wildman–Crippen MR) is 75.6 cm³/mol. The maximum atomic E-state index is 11.0. The summed E-state index contributed by atoms with van der Waals surface area (Å²) in [6.45, 7) is 8.40. The molecule has 0 heterocycles. The van der Waals surface area contributed by atoms with Gasteiger partial charge < -0.3 is 16.6 Å². The number of carboxylic acid groups (broad SMARTS) is 1. The van der Waals surface area contributed by atoms with E-state index in [4.69, 9.17) is 16.6 Å². The van der Waals surface area contributed by atoms with Crippen LogP contribution in [-0.2, 0) is 4.79 Å². The van der Waals surface area contributed by atoms with Gasteiger partial charge in [0.05, 0.1) is 0 Å². The molecule has 5 N–H and O–H groups in total. The van der Waals surface area contributed by atoms with Crippen LogP contribution in [0.1, 0.15) is 40.5 Å². The fourth-order valence-corrected chi connectivity index (χ4v) is 1.35. The summed E-state index contributed by atoms with van der Waals surface area (Å²) in [4.78, 5) is 16.7. The lowest BCUT2D eigenvalue weighted by molar-refractivity contribution is -0.143. The Balaban J connectivity index is 0. The molecule has 0 aromatic rings. The van der Waals surface area contributed by atoms with E-state index in [9.17, 15) is 4.79 Å². The molecule has 0 aliphatic heterocycles. The smallest absolute Gasteiger partial charge is 0.320 e. The third-order valence-corrected chi connectivity index (χ3v) is 2.52. The maximum Gasteiger partial charge on any atom is 0.320 e. The molecular formula is C12H28N4O2. The van der Waals surface area contributed by atoms with Crippen molar-refractivity contribution in [2.75, 3.05) is 13.6 Å². The summed E-state index contributed by atoms with van der Waals surface area (Å²) in [7, 11) is 1.81. The van der Waals surface area contributed by atoms with Gasteiger partial charge in [-0.1, -0.05) is 13.8 Å². The average Bonchev–Trinajstić information content (AvgIpc) is 2.29. The van der Waals surface area contributed by atoms with E-state index < -0.39 is 12.0 Å². The Morgan fingerprint density at radius 1 is 1.33 bits per heavy atom. The number of carboxylic acids is 1. The lowest BCUT2D eigenvalue weighted by Crippen LogP contribution is -2.42. The third-order valence-electron chi connectivity index (χ3n) is 2.52. The fourth-order valence-electron chi connectivity index (χ4n) is 1.35. The van der Waals surface area contributed by atoms with Gasteiger partial charge in [0.1, 0.15) is 6.04 Å². The molecule has 0 amide bonds. The zero-order valence-corrected chi connectivity index (χ0v) is 12.2. The monoisotopic (exact) mass is 260 g/mol. The van der Waals surface area contributed by atoms with Crippen LogP contribution in [0.2, 0.25) is 0 Å². The number of nitrogens with two attached hydrogens (primary N) is 2. The van der Waals surface area contributed by atoms with Crippen LogP contribution in [0.25, 0.3) is 0 Å². The van der Waals surface area contributed by atoms with E-state index in [0.717, 1.165) is 0 Å². The summed E-state index contributed by atoms with van der Waals surface area (Å²) >= 11 is 0. The van der Waals surface area contributed by atoms with Crippen molar-refractivity contribution in [3.05, 3.63) is 0 Å². The van der Waals surface area contributed by atoms with E-state index in [1.165, 1.54) is 0 Å². The van der Waals surface area contributed by atoms with Crippen LogP contribution >= 0.6 is 0 Å². The largest absolute Gasteiger partial charge is 0.480 e. The zero-order chi connectivity index (χ0) is 14.7. The second kappa shape index (κ2) is 10.8. The number of likely N-dealkylation sites (N-methyl/N-ethyl adjacent to an activating group) is 1. The number of aliphatic imine (C=N–C) groups is 1. The van der Waals surface area contributed by atoms with E-state index in [-0.39, 0.29) is 12.0 Å². The molecule has 0 rings (SSSR count). The molecule has 0 spiro atoms. The summed E-state index contributed by atoms with van der Waals surface area (Å²) in [5.41, 5.74) is 10.4. The molecular weight excluding hydrogens is 232 g/mol. The third kappa shape index (κ3) is 8.81. The Labute approximate surface area is 110 Å². The van der Waals surface area contributed by atoms with E-state index in [1.54, 1.807) is 0 Å². The molecule has 108 valence electrons. The van der Waals surface area contributed by atoms with Crippen LogP contribution < -0.4 is 11.5 Å². The van der Waals surface area contributed by atoms with Gasteiger partial charge >= 0.3 is 5.97 Å². The number of nitrogens with zero attached hydrogens (tertiary/aromatic N) is 2. The van der Waals surface area contributed by atoms with Crippen molar-refractivity contribution in [2.24, 2.45) is 16.5 Å². The van der Waals surface area contributed by atoms with Crippen LogP contribution in [0.5, 0.6) is 0 Å². The Hall–Kier alpha value is -1.30. The molecule has 6 heteroatoms. The minimum atomic E-state index is -0.805. The van der Waals surface area contributed by atoms with Gasteiger partial charge in [-0.25, -0.2) is 0 Å². The molecule has 0 aliphatic carbocycles. The minimum absolute atomic E-state index is 0.0455. The van der Waals surface area contributed by atoms with Gasteiger partial charge in [0.15, 0.2) is 5.96 Å². The second-order valence-corrected chi connectivity index (χ2v) is 4.06. The van der Waals surface area contributed by atoms with Gasteiger partial charge in [0.25, 0.3) is 0 Å². The molecule has 0 fully saturated rings. The van der Waals surface area contributed by atoms with E-state index in [1.807, 2.05) is 39.6 Å². The molecule has 0 aromatic heterocycles. The molecule has 0 aliphatic rings. The maximum absolute atomic E-state index is 11.0. The summed E-state index contributed by atoms with van der Waals surface area (Å²) < 4.78 is 0. The van der Waals surface area contributed by atoms with Crippen molar-refractivity contribution < 1.29 is 9.90 Å². The number of guanidine groups is 1. The summed E-state index contributed by atoms with van der Waals surface area (Å²) in [5.74, 6) is -0.759. The van der Waals surface area contributed by atoms with Gasteiger partial charge in [-0.2, -0.15) is 0 Å². The highest BCUT2D eigenvalue weighted by Gasteiger charge is 2.23. The minimum Gasteiger partial charge on any atom is -0.480 e. The highest BCUT2D eigenvalue weighted by molar-refractivity contribution is 5.75. The van der Waals surface area contributed by atoms with Crippen molar-refractivity contribution in [2.45, 2.75) is 52.6 Å². The lowest BCUT2D eigenvalue weighted by atomic mass is 10.1. The number of hydrogen-bond acceptors (Lipinski definition) is 3. The predicted octanol–water partition coefficient (Wildman–Crippen LogP) is 0.860. The summed E-state index contributed by atoms with van der Waals surface area (Å²) in [5, 5.41) is 9.07. The molecule has 6 nitrogen and oxygen atoms in total. The van der Waals surface area contributed by atoms with E-state index in [2.05, 4.69) is 4.99 Å². The normalized spacial score (nSPS) is 11.7. The Morgan fingerprint density at radius 2 is 1.83 bits per heavy atom. The first-order valence-electron chi connectivity index (χ1n) is 6.36. The SMILES string of the molecule is CC.CC(C)N(C)C(CCCN=C(N)N)C(=O)O. The Morgan fingerprint density at radius 3 is 2.17 bits per heavy atom. The molecule has 0 radical (unpaired) electrons. The van der Waals surface area contributed by atoms with Crippen LogP contribution in [-0.4, -0.2) is 47.6 Å². The van der Waals surface area contributed by atoms with Crippen molar-refractivity contribution >= 4 is 11.9 Å². The fraction of sp³-hybridized carbons (Fsp3) is 0.833. The molecule has 0 saturated heterocycles.